The Balaban J connectivity index is 3.31. The van der Waals surface area contributed by atoms with Gasteiger partial charge in [-0.2, -0.15) is 18.4 Å². The van der Waals surface area contributed by atoms with Gasteiger partial charge in [0.1, 0.15) is 0 Å². The maximum absolute atomic E-state index is 12.6. The Morgan fingerprint density at radius 2 is 2.00 bits per heavy atom. The van der Waals surface area contributed by atoms with E-state index < -0.39 is 38.8 Å². The molecule has 9 heteroatoms. The number of alkyl halides is 3. The van der Waals surface area contributed by atoms with Crippen molar-refractivity contribution in [2.75, 3.05) is 13.2 Å². The fourth-order valence-corrected chi connectivity index (χ4v) is 2.33. The van der Waals surface area contributed by atoms with Crippen molar-refractivity contribution in [3.8, 4) is 6.07 Å². The van der Waals surface area contributed by atoms with Gasteiger partial charge in [-0.15, -0.1) is 0 Å². The molecule has 0 aliphatic carbocycles. The summed E-state index contributed by atoms with van der Waals surface area (Å²) in [4.78, 5) is -0.618. The highest BCUT2D eigenvalue weighted by molar-refractivity contribution is 7.89. The standard InChI is InChI=1S/C10H9F3N2O3S/c11-10(12,13)9-5-8(2-1-7(9)6-14)19(17,18)15-3-4-16/h1-2,5,15-16H,3-4H2. The van der Waals surface area contributed by atoms with E-state index in [1.807, 2.05) is 4.72 Å². The quantitative estimate of drug-likeness (QED) is 0.861. The van der Waals surface area contributed by atoms with Gasteiger partial charge < -0.3 is 5.11 Å². The van der Waals surface area contributed by atoms with Crippen molar-refractivity contribution in [1.82, 2.24) is 4.72 Å². The largest absolute Gasteiger partial charge is 0.417 e. The van der Waals surface area contributed by atoms with Crippen LogP contribution in [0.1, 0.15) is 11.1 Å². The monoisotopic (exact) mass is 294 g/mol. The van der Waals surface area contributed by atoms with Crippen molar-refractivity contribution in [1.29, 1.82) is 5.26 Å². The Hall–Kier alpha value is -1.63. The Bertz CT molecular complexity index is 605. The van der Waals surface area contributed by atoms with Crippen LogP contribution in [0.5, 0.6) is 0 Å². The highest BCUT2D eigenvalue weighted by atomic mass is 32.2. The number of nitriles is 1. The van der Waals surface area contributed by atoms with E-state index in [9.17, 15) is 21.6 Å². The highest BCUT2D eigenvalue weighted by Crippen LogP contribution is 2.33. The van der Waals surface area contributed by atoms with Crippen molar-refractivity contribution in [3.05, 3.63) is 29.3 Å². The van der Waals surface area contributed by atoms with Gasteiger partial charge in [0.2, 0.25) is 10.0 Å². The number of halogens is 3. The molecule has 0 unspecified atom stereocenters. The summed E-state index contributed by atoms with van der Waals surface area (Å²) in [7, 11) is -4.15. The van der Waals surface area contributed by atoms with E-state index in [-0.39, 0.29) is 6.54 Å². The molecule has 0 aliphatic heterocycles. The summed E-state index contributed by atoms with van der Waals surface area (Å²) in [5.74, 6) is 0. The van der Waals surface area contributed by atoms with Gasteiger partial charge in [-0.25, -0.2) is 13.1 Å². The number of hydrogen-bond acceptors (Lipinski definition) is 4. The summed E-state index contributed by atoms with van der Waals surface area (Å²) >= 11 is 0. The van der Waals surface area contributed by atoms with Crippen LogP contribution in [0.25, 0.3) is 0 Å². The van der Waals surface area contributed by atoms with Gasteiger partial charge in [0.15, 0.2) is 0 Å². The van der Waals surface area contributed by atoms with E-state index in [1.165, 1.54) is 6.07 Å². The number of aliphatic hydroxyl groups is 1. The molecule has 0 heterocycles. The van der Waals surface area contributed by atoms with Crippen LogP contribution in [0.4, 0.5) is 13.2 Å². The minimum atomic E-state index is -4.83. The molecule has 0 amide bonds. The van der Waals surface area contributed by atoms with Crippen LogP contribution in [0.2, 0.25) is 0 Å². The van der Waals surface area contributed by atoms with Crippen LogP contribution in [0.15, 0.2) is 23.1 Å². The predicted octanol–water partition coefficient (Wildman–Crippen LogP) is 0.848. The number of nitrogens with zero attached hydrogens (tertiary/aromatic N) is 1. The second kappa shape index (κ2) is 5.56. The van der Waals surface area contributed by atoms with Gasteiger partial charge in [0.05, 0.1) is 28.7 Å². The van der Waals surface area contributed by atoms with E-state index in [2.05, 4.69) is 0 Å². The maximum atomic E-state index is 12.6. The number of nitrogens with one attached hydrogen (secondary N) is 1. The molecule has 0 atom stereocenters. The van der Waals surface area contributed by atoms with Crippen LogP contribution in [-0.2, 0) is 16.2 Å². The predicted molar refractivity (Wildman–Crippen MR) is 58.4 cm³/mol. The van der Waals surface area contributed by atoms with Crippen molar-refractivity contribution in [2.24, 2.45) is 0 Å². The fraction of sp³-hybridized carbons (Fsp3) is 0.300. The average molecular weight is 294 g/mol. The second-order valence-electron chi connectivity index (χ2n) is 3.44. The first-order valence-electron chi connectivity index (χ1n) is 4.94. The molecule has 5 nitrogen and oxygen atoms in total. The lowest BCUT2D eigenvalue weighted by Gasteiger charge is -2.11. The summed E-state index contributed by atoms with van der Waals surface area (Å²) in [6.45, 7) is -0.800. The van der Waals surface area contributed by atoms with Crippen molar-refractivity contribution < 1.29 is 26.7 Å². The smallest absolute Gasteiger partial charge is 0.395 e. The lowest BCUT2D eigenvalue weighted by atomic mass is 10.1. The van der Waals surface area contributed by atoms with E-state index >= 15 is 0 Å². The van der Waals surface area contributed by atoms with Gasteiger partial charge in [-0.1, -0.05) is 0 Å². The summed E-state index contributed by atoms with van der Waals surface area (Å²) in [6, 6.07) is 3.42. The van der Waals surface area contributed by atoms with Gasteiger partial charge in [-0.05, 0) is 18.2 Å². The molecule has 0 radical (unpaired) electrons. The molecule has 0 spiro atoms. The third kappa shape index (κ3) is 3.66. The van der Waals surface area contributed by atoms with Crippen LogP contribution < -0.4 is 4.72 Å². The van der Waals surface area contributed by atoms with Gasteiger partial charge in [0.25, 0.3) is 0 Å². The van der Waals surface area contributed by atoms with E-state index in [1.54, 1.807) is 0 Å². The SMILES string of the molecule is N#Cc1ccc(S(=O)(=O)NCCO)cc1C(F)(F)F. The molecular formula is C10H9F3N2O3S. The lowest BCUT2D eigenvalue weighted by molar-refractivity contribution is -0.137. The topological polar surface area (TPSA) is 90.2 Å². The molecule has 0 fully saturated rings. The number of aliphatic hydroxyl groups excluding tert-OH is 1. The zero-order chi connectivity index (χ0) is 14.7. The molecule has 0 bridgehead atoms. The van der Waals surface area contributed by atoms with E-state index in [0.29, 0.717) is 6.07 Å². The van der Waals surface area contributed by atoms with Gasteiger partial charge in [-0.3, -0.25) is 0 Å². The molecule has 0 aliphatic rings. The Morgan fingerprint density at radius 3 is 2.47 bits per heavy atom. The minimum absolute atomic E-state index is 0.316. The van der Waals surface area contributed by atoms with Gasteiger partial charge in [0, 0.05) is 6.54 Å². The summed E-state index contributed by atoms with van der Waals surface area (Å²) in [5, 5.41) is 17.1. The van der Waals surface area contributed by atoms with Crippen LogP contribution in [0.3, 0.4) is 0 Å². The normalized spacial score (nSPS) is 12.2. The molecule has 19 heavy (non-hydrogen) atoms. The van der Waals surface area contributed by atoms with Crippen molar-refractivity contribution in [3.63, 3.8) is 0 Å². The molecular weight excluding hydrogens is 285 g/mol. The van der Waals surface area contributed by atoms with Crippen LogP contribution in [-0.4, -0.2) is 26.7 Å². The zero-order valence-electron chi connectivity index (χ0n) is 9.40. The Morgan fingerprint density at radius 1 is 1.37 bits per heavy atom. The minimum Gasteiger partial charge on any atom is -0.395 e. The first-order valence-corrected chi connectivity index (χ1v) is 6.42. The summed E-state index contributed by atoms with van der Waals surface area (Å²) < 4.78 is 63.1. The maximum Gasteiger partial charge on any atom is 0.417 e. The molecule has 104 valence electrons. The first kappa shape index (κ1) is 15.4. The van der Waals surface area contributed by atoms with E-state index in [0.717, 1.165) is 12.1 Å². The zero-order valence-corrected chi connectivity index (χ0v) is 10.2. The first-order chi connectivity index (χ1) is 8.72. The molecule has 1 aromatic rings. The number of benzene rings is 1. The molecule has 1 aromatic carbocycles. The van der Waals surface area contributed by atoms with Crippen LogP contribution in [0, 0.1) is 11.3 Å². The Labute approximate surface area is 107 Å². The van der Waals surface area contributed by atoms with Crippen molar-refractivity contribution in [2.45, 2.75) is 11.1 Å². The molecule has 1 rings (SSSR count). The van der Waals surface area contributed by atoms with Crippen molar-refractivity contribution >= 4 is 10.0 Å². The second-order valence-corrected chi connectivity index (χ2v) is 5.21. The Kier molecular flexibility index (Phi) is 4.52. The fourth-order valence-electron chi connectivity index (χ4n) is 1.29. The molecule has 2 N–H and O–H groups in total. The van der Waals surface area contributed by atoms with E-state index in [4.69, 9.17) is 10.4 Å². The highest BCUT2D eigenvalue weighted by Gasteiger charge is 2.34. The lowest BCUT2D eigenvalue weighted by Crippen LogP contribution is -2.27. The number of rotatable bonds is 4. The van der Waals surface area contributed by atoms with Crippen LogP contribution >= 0.6 is 0 Å². The number of sulfonamides is 1. The molecule has 0 aromatic heterocycles. The number of hydrogen-bond donors (Lipinski definition) is 2. The third-order valence-electron chi connectivity index (χ3n) is 2.13. The summed E-state index contributed by atoms with van der Waals surface area (Å²) in [5.41, 5.74) is -1.98. The molecule has 0 saturated carbocycles. The average Bonchev–Trinajstić information content (AvgIpc) is 2.34. The third-order valence-corrected chi connectivity index (χ3v) is 3.59. The van der Waals surface area contributed by atoms with Gasteiger partial charge >= 0.3 is 6.18 Å². The summed E-state index contributed by atoms with van der Waals surface area (Å²) in [6.07, 6.45) is -4.83. The molecule has 0 saturated heterocycles.